The highest BCUT2D eigenvalue weighted by Gasteiger charge is 2.11. The normalized spacial score (nSPS) is 10.0. The SMILES string of the molecule is CCc1ccc(C(=O)O)c(F)c1[O-]. The monoisotopic (exact) mass is 183 g/mol. The number of hydrogen-bond acceptors (Lipinski definition) is 2. The van der Waals surface area contributed by atoms with E-state index in [4.69, 9.17) is 5.11 Å². The first-order valence-corrected chi connectivity index (χ1v) is 3.79. The molecule has 0 saturated heterocycles. The molecule has 1 aromatic rings. The van der Waals surface area contributed by atoms with E-state index >= 15 is 0 Å². The molecule has 0 aliphatic rings. The van der Waals surface area contributed by atoms with Crippen LogP contribution >= 0.6 is 0 Å². The Morgan fingerprint density at radius 3 is 2.69 bits per heavy atom. The lowest BCUT2D eigenvalue weighted by Crippen LogP contribution is -2.07. The van der Waals surface area contributed by atoms with Crippen LogP contribution in [0.2, 0.25) is 0 Å². The average molecular weight is 183 g/mol. The molecular weight excluding hydrogens is 175 g/mol. The van der Waals surface area contributed by atoms with Crippen molar-refractivity contribution in [2.24, 2.45) is 0 Å². The number of carboxylic acids is 1. The summed E-state index contributed by atoms with van der Waals surface area (Å²) in [5.74, 6) is -3.41. The second kappa shape index (κ2) is 3.43. The maximum Gasteiger partial charge on any atom is 0.338 e. The van der Waals surface area contributed by atoms with Crippen LogP contribution in [0.25, 0.3) is 0 Å². The Kier molecular flexibility index (Phi) is 2.51. The summed E-state index contributed by atoms with van der Waals surface area (Å²) in [6, 6.07) is 2.45. The fourth-order valence-electron chi connectivity index (χ4n) is 1.04. The second-order valence-corrected chi connectivity index (χ2v) is 2.57. The molecule has 0 bridgehead atoms. The molecule has 3 nitrogen and oxygen atoms in total. The highest BCUT2D eigenvalue weighted by atomic mass is 19.1. The van der Waals surface area contributed by atoms with Crippen molar-refractivity contribution in [2.75, 3.05) is 0 Å². The Morgan fingerprint density at radius 2 is 2.23 bits per heavy atom. The lowest BCUT2D eigenvalue weighted by molar-refractivity contribution is -0.273. The summed E-state index contributed by atoms with van der Waals surface area (Å²) >= 11 is 0. The Bertz CT molecular complexity index is 347. The van der Waals surface area contributed by atoms with Gasteiger partial charge in [-0.05, 0) is 12.5 Å². The molecule has 0 amide bonds. The molecule has 70 valence electrons. The van der Waals surface area contributed by atoms with Gasteiger partial charge in [0.15, 0.2) is 0 Å². The van der Waals surface area contributed by atoms with Crippen LogP contribution in [-0.4, -0.2) is 11.1 Å². The average Bonchev–Trinajstić information content (AvgIpc) is 2.09. The zero-order valence-electron chi connectivity index (χ0n) is 7.00. The van der Waals surface area contributed by atoms with Crippen molar-refractivity contribution in [3.63, 3.8) is 0 Å². The zero-order valence-corrected chi connectivity index (χ0v) is 7.00. The van der Waals surface area contributed by atoms with Crippen LogP contribution in [0.15, 0.2) is 12.1 Å². The third-order valence-electron chi connectivity index (χ3n) is 1.79. The fraction of sp³-hybridized carbons (Fsp3) is 0.222. The van der Waals surface area contributed by atoms with Crippen molar-refractivity contribution >= 4 is 5.97 Å². The number of carbonyl (C=O) groups is 1. The van der Waals surface area contributed by atoms with Crippen molar-refractivity contribution in [3.8, 4) is 5.75 Å². The van der Waals surface area contributed by atoms with E-state index in [2.05, 4.69) is 0 Å². The number of carboxylic acid groups (broad SMARTS) is 1. The molecule has 0 radical (unpaired) electrons. The van der Waals surface area contributed by atoms with Gasteiger partial charge in [-0.3, -0.25) is 0 Å². The van der Waals surface area contributed by atoms with Crippen LogP contribution in [-0.2, 0) is 6.42 Å². The molecule has 0 spiro atoms. The van der Waals surface area contributed by atoms with Crippen LogP contribution < -0.4 is 5.11 Å². The molecule has 0 heterocycles. The lowest BCUT2D eigenvalue weighted by Gasteiger charge is -2.14. The molecule has 0 aliphatic carbocycles. The predicted molar refractivity (Wildman–Crippen MR) is 42.2 cm³/mol. The van der Waals surface area contributed by atoms with Crippen LogP contribution in [0.5, 0.6) is 5.75 Å². The van der Waals surface area contributed by atoms with E-state index in [1.165, 1.54) is 6.07 Å². The number of hydrogen-bond donors (Lipinski definition) is 1. The molecule has 1 rings (SSSR count). The van der Waals surface area contributed by atoms with Crippen molar-refractivity contribution in [1.29, 1.82) is 0 Å². The fourth-order valence-corrected chi connectivity index (χ4v) is 1.04. The van der Waals surface area contributed by atoms with Crippen molar-refractivity contribution in [3.05, 3.63) is 29.1 Å². The van der Waals surface area contributed by atoms with Gasteiger partial charge in [-0.2, -0.15) is 0 Å². The molecule has 0 atom stereocenters. The molecule has 0 unspecified atom stereocenters. The highest BCUT2D eigenvalue weighted by Crippen LogP contribution is 2.21. The molecule has 0 aromatic heterocycles. The third-order valence-corrected chi connectivity index (χ3v) is 1.79. The van der Waals surface area contributed by atoms with Gasteiger partial charge in [-0.25, -0.2) is 9.18 Å². The molecular formula is C9H8FO3-. The highest BCUT2D eigenvalue weighted by molar-refractivity contribution is 5.88. The van der Waals surface area contributed by atoms with Gasteiger partial charge < -0.3 is 10.2 Å². The number of rotatable bonds is 2. The first kappa shape index (κ1) is 9.51. The summed E-state index contributed by atoms with van der Waals surface area (Å²) in [5.41, 5.74) is -0.273. The lowest BCUT2D eigenvalue weighted by atomic mass is 10.1. The smallest absolute Gasteiger partial charge is 0.338 e. The molecule has 0 aliphatic heterocycles. The maximum absolute atomic E-state index is 13.0. The van der Waals surface area contributed by atoms with Gasteiger partial charge in [-0.1, -0.05) is 24.3 Å². The predicted octanol–water partition coefficient (Wildman–Crippen LogP) is 1.16. The van der Waals surface area contributed by atoms with E-state index in [-0.39, 0.29) is 0 Å². The maximum atomic E-state index is 13.0. The van der Waals surface area contributed by atoms with Gasteiger partial charge in [0, 0.05) is 0 Å². The van der Waals surface area contributed by atoms with E-state index < -0.39 is 23.1 Å². The number of halogens is 1. The number of benzene rings is 1. The summed E-state index contributed by atoms with van der Waals surface area (Å²) in [4.78, 5) is 10.4. The summed E-state index contributed by atoms with van der Waals surface area (Å²) in [6.45, 7) is 1.70. The minimum absolute atomic E-state index is 0.294. The Morgan fingerprint density at radius 1 is 1.62 bits per heavy atom. The van der Waals surface area contributed by atoms with Gasteiger partial charge in [0.05, 0.1) is 5.56 Å². The van der Waals surface area contributed by atoms with E-state index in [1.54, 1.807) is 6.92 Å². The summed E-state index contributed by atoms with van der Waals surface area (Å²) in [6.07, 6.45) is 0.398. The Labute approximate surface area is 74.4 Å². The van der Waals surface area contributed by atoms with Gasteiger partial charge in [0.2, 0.25) is 0 Å². The summed E-state index contributed by atoms with van der Waals surface area (Å²) < 4.78 is 13.0. The topological polar surface area (TPSA) is 60.4 Å². The van der Waals surface area contributed by atoms with Crippen molar-refractivity contribution in [2.45, 2.75) is 13.3 Å². The largest absolute Gasteiger partial charge is 0.870 e. The first-order valence-electron chi connectivity index (χ1n) is 3.79. The molecule has 1 aromatic carbocycles. The zero-order chi connectivity index (χ0) is 10.0. The van der Waals surface area contributed by atoms with E-state index in [0.29, 0.717) is 12.0 Å². The minimum atomic E-state index is -1.42. The first-order chi connectivity index (χ1) is 6.07. The quantitative estimate of drug-likeness (QED) is 0.748. The van der Waals surface area contributed by atoms with Crippen LogP contribution in [0.1, 0.15) is 22.8 Å². The summed E-state index contributed by atoms with van der Waals surface area (Å²) in [7, 11) is 0. The Hall–Kier alpha value is -1.58. The van der Waals surface area contributed by atoms with Crippen LogP contribution in [0.3, 0.4) is 0 Å². The standard InChI is InChI=1S/C9H9FO3/c1-2-5-3-4-6(9(12)13)7(10)8(5)11/h3-4,11H,2H2,1H3,(H,12,13)/p-1. The number of aryl methyl sites for hydroxylation is 1. The second-order valence-electron chi connectivity index (χ2n) is 2.57. The van der Waals surface area contributed by atoms with Crippen molar-refractivity contribution < 1.29 is 19.4 Å². The van der Waals surface area contributed by atoms with Crippen molar-refractivity contribution in [1.82, 2.24) is 0 Å². The molecule has 13 heavy (non-hydrogen) atoms. The number of aromatic carboxylic acids is 1. The van der Waals surface area contributed by atoms with Gasteiger partial charge in [0.25, 0.3) is 0 Å². The van der Waals surface area contributed by atoms with E-state index in [0.717, 1.165) is 6.07 Å². The third kappa shape index (κ3) is 1.61. The minimum Gasteiger partial charge on any atom is -0.870 e. The molecule has 1 N–H and O–H groups in total. The van der Waals surface area contributed by atoms with Crippen LogP contribution in [0.4, 0.5) is 4.39 Å². The van der Waals surface area contributed by atoms with E-state index in [9.17, 15) is 14.3 Å². The van der Waals surface area contributed by atoms with Gasteiger partial charge in [0.1, 0.15) is 5.82 Å². The summed E-state index contributed by atoms with van der Waals surface area (Å²) in [5, 5.41) is 19.6. The Balaban J connectivity index is 3.31. The van der Waals surface area contributed by atoms with E-state index in [1.807, 2.05) is 0 Å². The molecule has 0 fully saturated rings. The molecule has 4 heteroatoms. The van der Waals surface area contributed by atoms with Gasteiger partial charge in [-0.15, -0.1) is 0 Å². The molecule has 0 saturated carbocycles. The van der Waals surface area contributed by atoms with Crippen LogP contribution in [0, 0.1) is 5.82 Å². The van der Waals surface area contributed by atoms with Gasteiger partial charge >= 0.3 is 5.97 Å².